The zero-order valence-electron chi connectivity index (χ0n) is 14.3. The Morgan fingerprint density at radius 3 is 2.00 bits per heavy atom. The fourth-order valence-electron chi connectivity index (χ4n) is 3.03. The summed E-state index contributed by atoms with van der Waals surface area (Å²) in [7, 11) is 2.64. The molecule has 0 saturated heterocycles. The molecule has 1 aliphatic rings. The maximum absolute atomic E-state index is 12.4. The van der Waals surface area contributed by atoms with Gasteiger partial charge in [0.05, 0.1) is 31.3 Å². The van der Waals surface area contributed by atoms with Gasteiger partial charge in [-0.25, -0.2) is 9.59 Å². The summed E-state index contributed by atoms with van der Waals surface area (Å²) in [5.41, 5.74) is 3.71. The predicted molar refractivity (Wildman–Crippen MR) is 91.8 cm³/mol. The molecule has 0 amide bonds. The van der Waals surface area contributed by atoms with Gasteiger partial charge in [0.2, 0.25) is 0 Å². The molecule has 0 unspecified atom stereocenters. The van der Waals surface area contributed by atoms with Crippen LogP contribution in [0.4, 0.5) is 0 Å². The SMILES string of the molecule is C=Cc1ccccc1C1C(C(=O)OC)=C(C)NC(C)=C1C(=O)OC. The molecule has 5 nitrogen and oxygen atoms in total. The molecule has 5 heteroatoms. The van der Waals surface area contributed by atoms with Crippen LogP contribution in [-0.4, -0.2) is 26.2 Å². The molecule has 0 atom stereocenters. The van der Waals surface area contributed by atoms with Gasteiger partial charge in [-0.05, 0) is 25.0 Å². The van der Waals surface area contributed by atoms with E-state index in [0.717, 1.165) is 11.1 Å². The molecule has 1 N–H and O–H groups in total. The Morgan fingerprint density at radius 2 is 1.54 bits per heavy atom. The second-order valence-corrected chi connectivity index (χ2v) is 5.45. The van der Waals surface area contributed by atoms with E-state index in [-0.39, 0.29) is 0 Å². The lowest BCUT2D eigenvalue weighted by atomic mass is 9.78. The van der Waals surface area contributed by atoms with E-state index in [1.807, 2.05) is 24.3 Å². The molecular weight excluding hydrogens is 306 g/mol. The summed E-state index contributed by atoms with van der Waals surface area (Å²) >= 11 is 0. The van der Waals surface area contributed by atoms with Crippen LogP contribution >= 0.6 is 0 Å². The van der Waals surface area contributed by atoms with Crippen molar-refractivity contribution in [3.8, 4) is 0 Å². The van der Waals surface area contributed by atoms with Gasteiger partial charge in [0.1, 0.15) is 0 Å². The summed E-state index contributed by atoms with van der Waals surface area (Å²) in [4.78, 5) is 24.8. The minimum absolute atomic E-state index is 0.387. The van der Waals surface area contributed by atoms with Gasteiger partial charge in [-0.15, -0.1) is 0 Å². The van der Waals surface area contributed by atoms with Gasteiger partial charge >= 0.3 is 11.9 Å². The number of carbonyl (C=O) groups excluding carboxylic acids is 2. The van der Waals surface area contributed by atoms with Gasteiger partial charge in [-0.2, -0.15) is 0 Å². The summed E-state index contributed by atoms with van der Waals surface area (Å²) in [6.07, 6.45) is 1.70. The second-order valence-electron chi connectivity index (χ2n) is 5.45. The maximum Gasteiger partial charge on any atom is 0.336 e. The quantitative estimate of drug-likeness (QED) is 0.862. The van der Waals surface area contributed by atoms with Crippen molar-refractivity contribution in [1.29, 1.82) is 0 Å². The van der Waals surface area contributed by atoms with Crippen LogP contribution in [0.3, 0.4) is 0 Å². The Bertz CT molecular complexity index is 720. The van der Waals surface area contributed by atoms with Gasteiger partial charge in [-0.1, -0.05) is 36.9 Å². The van der Waals surface area contributed by atoms with Crippen molar-refractivity contribution < 1.29 is 19.1 Å². The highest BCUT2D eigenvalue weighted by Crippen LogP contribution is 2.40. The number of carbonyl (C=O) groups is 2. The molecule has 0 bridgehead atoms. The molecule has 1 heterocycles. The first-order chi connectivity index (χ1) is 11.5. The smallest absolute Gasteiger partial charge is 0.336 e. The first kappa shape index (κ1) is 17.5. The number of benzene rings is 1. The van der Waals surface area contributed by atoms with E-state index in [0.29, 0.717) is 22.5 Å². The maximum atomic E-state index is 12.4. The Kier molecular flexibility index (Phi) is 5.24. The molecule has 1 aliphatic heterocycles. The van der Waals surface area contributed by atoms with Crippen LogP contribution in [0.15, 0.2) is 53.4 Å². The third kappa shape index (κ3) is 2.97. The van der Waals surface area contributed by atoms with Gasteiger partial charge < -0.3 is 14.8 Å². The minimum atomic E-state index is -0.583. The van der Waals surface area contributed by atoms with Crippen molar-refractivity contribution >= 4 is 18.0 Å². The zero-order valence-corrected chi connectivity index (χ0v) is 14.3. The van der Waals surface area contributed by atoms with E-state index in [1.54, 1.807) is 19.9 Å². The van der Waals surface area contributed by atoms with Crippen molar-refractivity contribution in [3.05, 3.63) is 64.5 Å². The van der Waals surface area contributed by atoms with Crippen LogP contribution < -0.4 is 5.32 Å². The summed E-state index contributed by atoms with van der Waals surface area (Å²) < 4.78 is 9.89. The van der Waals surface area contributed by atoms with Crippen LogP contribution in [0.25, 0.3) is 6.08 Å². The van der Waals surface area contributed by atoms with Crippen LogP contribution in [0.2, 0.25) is 0 Å². The Hall–Kier alpha value is -2.82. The van der Waals surface area contributed by atoms with Crippen LogP contribution in [0.5, 0.6) is 0 Å². The zero-order chi connectivity index (χ0) is 17.9. The predicted octanol–water partition coefficient (Wildman–Crippen LogP) is 2.91. The van der Waals surface area contributed by atoms with Crippen molar-refractivity contribution in [2.75, 3.05) is 14.2 Å². The normalized spacial score (nSPS) is 15.0. The molecule has 0 spiro atoms. The standard InChI is InChI=1S/C19H21NO4/c1-6-13-9-7-8-10-14(13)17-15(18(21)23-4)11(2)20-12(3)16(17)19(22)24-5/h6-10,17,20H,1H2,2-5H3. The lowest BCUT2D eigenvalue weighted by molar-refractivity contribution is -0.137. The molecule has 2 rings (SSSR count). The van der Waals surface area contributed by atoms with Crippen LogP contribution in [0, 0.1) is 0 Å². The lowest BCUT2D eigenvalue weighted by Gasteiger charge is -2.30. The van der Waals surface area contributed by atoms with Gasteiger partial charge in [0.15, 0.2) is 0 Å². The Morgan fingerprint density at radius 1 is 1.04 bits per heavy atom. The molecule has 24 heavy (non-hydrogen) atoms. The van der Waals surface area contributed by atoms with Gasteiger partial charge in [0, 0.05) is 11.4 Å². The van der Waals surface area contributed by atoms with Crippen molar-refractivity contribution in [2.45, 2.75) is 19.8 Å². The number of ether oxygens (including phenoxy) is 2. The first-order valence-electron chi connectivity index (χ1n) is 7.52. The molecule has 0 fully saturated rings. The Balaban J connectivity index is 2.77. The molecule has 0 radical (unpaired) electrons. The van der Waals surface area contributed by atoms with Crippen molar-refractivity contribution in [3.63, 3.8) is 0 Å². The van der Waals surface area contributed by atoms with E-state index < -0.39 is 17.9 Å². The number of methoxy groups -OCH3 is 2. The highest BCUT2D eigenvalue weighted by molar-refractivity contribution is 6.00. The number of esters is 2. The van der Waals surface area contributed by atoms with Gasteiger partial charge in [-0.3, -0.25) is 0 Å². The Labute approximate surface area is 141 Å². The third-order valence-electron chi connectivity index (χ3n) is 4.10. The third-order valence-corrected chi connectivity index (χ3v) is 4.10. The fourth-order valence-corrected chi connectivity index (χ4v) is 3.03. The minimum Gasteiger partial charge on any atom is -0.466 e. The molecule has 126 valence electrons. The molecule has 1 aromatic carbocycles. The summed E-state index contributed by atoms with van der Waals surface area (Å²) in [5, 5.41) is 3.08. The number of allylic oxidation sites excluding steroid dienone is 2. The van der Waals surface area contributed by atoms with Gasteiger partial charge in [0.25, 0.3) is 0 Å². The molecular formula is C19H21NO4. The molecule has 0 saturated carbocycles. The summed E-state index contributed by atoms with van der Waals surface area (Å²) in [5.74, 6) is -1.56. The average molecular weight is 327 g/mol. The van der Waals surface area contributed by atoms with E-state index in [4.69, 9.17) is 9.47 Å². The number of hydrogen-bond donors (Lipinski definition) is 1. The van der Waals surface area contributed by atoms with Crippen molar-refractivity contribution in [2.24, 2.45) is 0 Å². The van der Waals surface area contributed by atoms with Crippen molar-refractivity contribution in [1.82, 2.24) is 5.32 Å². The number of dihydropyridines is 1. The van der Waals surface area contributed by atoms with E-state index >= 15 is 0 Å². The second kappa shape index (κ2) is 7.17. The lowest BCUT2D eigenvalue weighted by Crippen LogP contribution is -2.32. The number of rotatable bonds is 4. The monoisotopic (exact) mass is 327 g/mol. The van der Waals surface area contributed by atoms with E-state index in [1.165, 1.54) is 14.2 Å². The fraction of sp³-hybridized carbons (Fsp3) is 0.263. The first-order valence-corrected chi connectivity index (χ1v) is 7.52. The number of hydrogen-bond acceptors (Lipinski definition) is 5. The largest absolute Gasteiger partial charge is 0.466 e. The molecule has 1 aromatic rings. The molecule has 0 aromatic heterocycles. The average Bonchev–Trinajstić information content (AvgIpc) is 2.59. The number of nitrogens with one attached hydrogen (secondary N) is 1. The summed E-state index contributed by atoms with van der Waals surface area (Å²) in [6.45, 7) is 7.39. The van der Waals surface area contributed by atoms with E-state index in [2.05, 4.69) is 11.9 Å². The topological polar surface area (TPSA) is 64.6 Å². The van der Waals surface area contributed by atoms with Crippen LogP contribution in [-0.2, 0) is 19.1 Å². The van der Waals surface area contributed by atoms with Crippen LogP contribution in [0.1, 0.15) is 30.9 Å². The highest BCUT2D eigenvalue weighted by atomic mass is 16.5. The summed E-state index contributed by atoms with van der Waals surface area (Å²) in [6, 6.07) is 7.50. The van der Waals surface area contributed by atoms with E-state index in [9.17, 15) is 9.59 Å². The highest BCUT2D eigenvalue weighted by Gasteiger charge is 2.38. The molecule has 0 aliphatic carbocycles.